The Labute approximate surface area is 130 Å². The highest BCUT2D eigenvalue weighted by Crippen LogP contribution is 2.18. The van der Waals surface area contributed by atoms with Gasteiger partial charge < -0.3 is 15.8 Å². The molecule has 3 N–H and O–H groups in total. The zero-order chi connectivity index (χ0) is 15.1. The molecule has 5 heteroatoms. The van der Waals surface area contributed by atoms with E-state index in [1.807, 2.05) is 11.8 Å². The average molecular weight is 308 g/mol. The molecular formula is C16H24N2O2S. The van der Waals surface area contributed by atoms with E-state index in [9.17, 15) is 4.79 Å². The molecule has 116 valence electrons. The highest BCUT2D eigenvalue weighted by Gasteiger charge is 2.35. The lowest BCUT2D eigenvalue weighted by molar-refractivity contribution is -0.129. The normalized spacial score (nSPS) is 17.4. The van der Waals surface area contributed by atoms with Crippen LogP contribution in [0.2, 0.25) is 0 Å². The van der Waals surface area contributed by atoms with Crippen molar-refractivity contribution >= 4 is 17.7 Å². The van der Waals surface area contributed by atoms with Crippen molar-refractivity contribution in [2.75, 3.05) is 25.5 Å². The van der Waals surface area contributed by atoms with E-state index in [0.29, 0.717) is 32.6 Å². The van der Waals surface area contributed by atoms with Crippen molar-refractivity contribution in [2.24, 2.45) is 5.73 Å². The minimum absolute atomic E-state index is 0.0401. The Morgan fingerprint density at radius 3 is 2.67 bits per heavy atom. The fourth-order valence-electron chi connectivity index (χ4n) is 2.25. The van der Waals surface area contributed by atoms with Crippen LogP contribution < -0.4 is 11.1 Å². The van der Waals surface area contributed by atoms with Crippen molar-refractivity contribution in [3.8, 4) is 0 Å². The number of rotatable bonds is 6. The molecule has 0 aromatic heterocycles. The molecule has 0 unspecified atom stereocenters. The predicted octanol–water partition coefficient (Wildman–Crippen LogP) is 1.85. The first-order valence-corrected chi connectivity index (χ1v) is 8.54. The van der Waals surface area contributed by atoms with E-state index in [-0.39, 0.29) is 5.91 Å². The van der Waals surface area contributed by atoms with Crippen molar-refractivity contribution in [3.63, 3.8) is 0 Å². The Bertz CT molecular complexity index is 456. The molecule has 0 aliphatic carbocycles. The number of nitrogens with one attached hydrogen (secondary N) is 1. The summed E-state index contributed by atoms with van der Waals surface area (Å²) in [6.45, 7) is 3.90. The number of amides is 1. The first-order chi connectivity index (χ1) is 10.1. The number of benzene rings is 1. The van der Waals surface area contributed by atoms with Crippen LogP contribution in [0.3, 0.4) is 0 Å². The number of thioether (sulfide) groups is 1. The van der Waals surface area contributed by atoms with Crippen LogP contribution in [0, 0.1) is 6.92 Å². The zero-order valence-corrected chi connectivity index (χ0v) is 13.4. The molecule has 1 fully saturated rings. The highest BCUT2D eigenvalue weighted by atomic mass is 32.2. The molecule has 4 nitrogen and oxygen atoms in total. The molecule has 2 rings (SSSR count). The smallest absolute Gasteiger partial charge is 0.240 e. The first kappa shape index (κ1) is 16.3. The van der Waals surface area contributed by atoms with Gasteiger partial charge in [-0.1, -0.05) is 29.8 Å². The molecule has 1 aliphatic rings. The van der Waals surface area contributed by atoms with Gasteiger partial charge in [0.25, 0.3) is 0 Å². The summed E-state index contributed by atoms with van der Waals surface area (Å²) >= 11 is 1.82. The summed E-state index contributed by atoms with van der Waals surface area (Å²) < 4.78 is 5.25. The van der Waals surface area contributed by atoms with E-state index < -0.39 is 5.54 Å². The third-order valence-corrected chi connectivity index (χ3v) is 4.79. The number of aryl methyl sites for hydroxylation is 1. The van der Waals surface area contributed by atoms with Gasteiger partial charge in [-0.15, -0.1) is 0 Å². The maximum atomic E-state index is 12.1. The second kappa shape index (κ2) is 7.82. The summed E-state index contributed by atoms with van der Waals surface area (Å²) in [5, 5.41) is 2.95. The molecule has 1 amide bonds. The minimum Gasteiger partial charge on any atom is -0.381 e. The van der Waals surface area contributed by atoms with Crippen LogP contribution >= 0.6 is 11.8 Å². The number of hydrogen-bond acceptors (Lipinski definition) is 4. The lowest BCUT2D eigenvalue weighted by Gasteiger charge is -2.31. The molecule has 1 saturated heterocycles. The molecule has 0 radical (unpaired) electrons. The number of carbonyl (C=O) groups is 1. The maximum absolute atomic E-state index is 12.1. The van der Waals surface area contributed by atoms with Gasteiger partial charge in [-0.3, -0.25) is 4.79 Å². The van der Waals surface area contributed by atoms with Crippen LogP contribution in [0.15, 0.2) is 24.3 Å². The van der Waals surface area contributed by atoms with Gasteiger partial charge in [-0.05, 0) is 25.3 Å². The van der Waals surface area contributed by atoms with Gasteiger partial charge in [0, 0.05) is 31.3 Å². The lowest BCUT2D eigenvalue weighted by atomic mass is 9.90. The van der Waals surface area contributed by atoms with Crippen LogP contribution in [0.25, 0.3) is 0 Å². The summed E-state index contributed by atoms with van der Waals surface area (Å²) in [6, 6.07) is 8.55. The summed E-state index contributed by atoms with van der Waals surface area (Å²) in [7, 11) is 0. The largest absolute Gasteiger partial charge is 0.381 e. The third kappa shape index (κ3) is 5.02. The number of nitrogens with two attached hydrogens (primary N) is 1. The molecule has 1 aromatic carbocycles. The van der Waals surface area contributed by atoms with Crippen molar-refractivity contribution in [1.29, 1.82) is 0 Å². The summed E-state index contributed by atoms with van der Waals surface area (Å²) in [5.74, 6) is 1.82. The number of carbonyl (C=O) groups excluding carboxylic acids is 1. The maximum Gasteiger partial charge on any atom is 0.240 e. The Morgan fingerprint density at radius 2 is 2.00 bits per heavy atom. The van der Waals surface area contributed by atoms with Gasteiger partial charge in [-0.2, -0.15) is 11.8 Å². The monoisotopic (exact) mass is 308 g/mol. The first-order valence-electron chi connectivity index (χ1n) is 7.38. The molecule has 0 atom stereocenters. The van der Waals surface area contributed by atoms with Crippen LogP contribution in [-0.4, -0.2) is 37.0 Å². The number of ether oxygens (including phenoxy) is 1. The Kier molecular flexibility index (Phi) is 6.08. The topological polar surface area (TPSA) is 64.4 Å². The quantitative estimate of drug-likeness (QED) is 0.787. The van der Waals surface area contributed by atoms with E-state index in [0.717, 1.165) is 11.5 Å². The lowest BCUT2D eigenvalue weighted by Crippen LogP contribution is -2.57. The van der Waals surface area contributed by atoms with Gasteiger partial charge in [0.1, 0.15) is 0 Å². The van der Waals surface area contributed by atoms with Crippen molar-refractivity contribution < 1.29 is 9.53 Å². The fourth-order valence-corrected chi connectivity index (χ4v) is 3.07. The Balaban J connectivity index is 1.63. The Morgan fingerprint density at radius 1 is 1.33 bits per heavy atom. The standard InChI is InChI=1S/C16H24N2O2S/c1-13-2-4-14(5-3-13)12-21-11-8-18-15(19)16(17)6-9-20-10-7-16/h2-5H,6-12,17H2,1H3,(H,18,19). The van der Waals surface area contributed by atoms with Crippen LogP contribution in [0.4, 0.5) is 0 Å². The molecule has 0 saturated carbocycles. The minimum atomic E-state index is -0.736. The van der Waals surface area contributed by atoms with Crippen molar-refractivity contribution in [3.05, 3.63) is 35.4 Å². The van der Waals surface area contributed by atoms with E-state index in [4.69, 9.17) is 10.5 Å². The van der Waals surface area contributed by atoms with Crippen molar-refractivity contribution in [1.82, 2.24) is 5.32 Å². The van der Waals surface area contributed by atoms with Gasteiger partial charge in [0.15, 0.2) is 0 Å². The van der Waals surface area contributed by atoms with Crippen LogP contribution in [0.1, 0.15) is 24.0 Å². The van der Waals surface area contributed by atoms with Gasteiger partial charge in [0.05, 0.1) is 5.54 Å². The second-order valence-electron chi connectivity index (χ2n) is 5.56. The molecule has 21 heavy (non-hydrogen) atoms. The Hall–Kier alpha value is -1.04. The van der Waals surface area contributed by atoms with E-state index in [1.54, 1.807) is 0 Å². The SMILES string of the molecule is Cc1ccc(CSCCNC(=O)C2(N)CCOCC2)cc1. The second-order valence-corrected chi connectivity index (χ2v) is 6.67. The fraction of sp³-hybridized carbons (Fsp3) is 0.562. The van der Waals surface area contributed by atoms with E-state index in [2.05, 4.69) is 36.5 Å². The molecule has 0 spiro atoms. The number of hydrogen-bond donors (Lipinski definition) is 2. The molecule has 1 heterocycles. The van der Waals surface area contributed by atoms with Gasteiger partial charge in [0.2, 0.25) is 5.91 Å². The molecule has 0 bridgehead atoms. The highest BCUT2D eigenvalue weighted by molar-refractivity contribution is 7.98. The van der Waals surface area contributed by atoms with Crippen LogP contribution in [0.5, 0.6) is 0 Å². The van der Waals surface area contributed by atoms with Gasteiger partial charge in [-0.25, -0.2) is 0 Å². The molecular weight excluding hydrogens is 284 g/mol. The van der Waals surface area contributed by atoms with Crippen molar-refractivity contribution in [2.45, 2.75) is 31.1 Å². The predicted molar refractivity (Wildman–Crippen MR) is 87.3 cm³/mol. The summed E-state index contributed by atoms with van der Waals surface area (Å²) in [5.41, 5.74) is 7.98. The van der Waals surface area contributed by atoms with Gasteiger partial charge >= 0.3 is 0 Å². The molecule has 1 aromatic rings. The zero-order valence-electron chi connectivity index (χ0n) is 12.6. The average Bonchev–Trinajstić information content (AvgIpc) is 2.49. The molecule has 1 aliphatic heterocycles. The summed E-state index contributed by atoms with van der Waals surface area (Å²) in [4.78, 5) is 12.1. The van der Waals surface area contributed by atoms with E-state index in [1.165, 1.54) is 11.1 Å². The van der Waals surface area contributed by atoms with Crippen LogP contribution in [-0.2, 0) is 15.3 Å². The summed E-state index contributed by atoms with van der Waals surface area (Å²) in [6.07, 6.45) is 1.21. The van der Waals surface area contributed by atoms with E-state index >= 15 is 0 Å². The third-order valence-electron chi connectivity index (χ3n) is 3.76.